The van der Waals surface area contributed by atoms with Crippen LogP contribution in [0.25, 0.3) is 11.5 Å². The van der Waals surface area contributed by atoms with Crippen LogP contribution in [0, 0.1) is 0 Å². The summed E-state index contributed by atoms with van der Waals surface area (Å²) in [6, 6.07) is 5.00. The van der Waals surface area contributed by atoms with Gasteiger partial charge in [-0.3, -0.25) is 4.79 Å². The van der Waals surface area contributed by atoms with E-state index in [4.69, 9.17) is 27.6 Å². The molecule has 0 atom stereocenters. The molecule has 1 aromatic heterocycles. The number of aromatic nitrogens is 2. The first kappa shape index (κ1) is 15.2. The van der Waals surface area contributed by atoms with E-state index < -0.39 is 0 Å². The standard InChI is InChI=1S/C12H11Cl2N3O2S/c1-17(2)10(18)6-20-12-16-15-11(19-12)8-4-3-7(13)5-9(8)14/h3-5H,6H2,1-2H3. The third-order valence-corrected chi connectivity index (χ3v) is 3.74. The fraction of sp³-hybridized carbons (Fsp3) is 0.250. The van der Waals surface area contributed by atoms with Crippen LogP contribution in [0.2, 0.25) is 10.0 Å². The largest absolute Gasteiger partial charge is 0.411 e. The van der Waals surface area contributed by atoms with Crippen molar-refractivity contribution in [3.05, 3.63) is 28.2 Å². The van der Waals surface area contributed by atoms with Gasteiger partial charge in [-0.1, -0.05) is 35.0 Å². The van der Waals surface area contributed by atoms with Crippen LogP contribution in [0.3, 0.4) is 0 Å². The van der Waals surface area contributed by atoms with Gasteiger partial charge in [-0.05, 0) is 18.2 Å². The number of benzene rings is 1. The second kappa shape index (κ2) is 6.47. The van der Waals surface area contributed by atoms with Crippen LogP contribution in [-0.4, -0.2) is 40.9 Å². The number of nitrogens with zero attached hydrogens (tertiary/aromatic N) is 3. The predicted molar refractivity (Wildman–Crippen MR) is 79.2 cm³/mol. The van der Waals surface area contributed by atoms with E-state index in [0.717, 1.165) is 0 Å². The molecule has 1 aromatic carbocycles. The summed E-state index contributed by atoms with van der Waals surface area (Å²) in [5.41, 5.74) is 0.606. The summed E-state index contributed by atoms with van der Waals surface area (Å²) in [6.07, 6.45) is 0. The molecule has 1 heterocycles. The van der Waals surface area contributed by atoms with E-state index in [9.17, 15) is 4.79 Å². The summed E-state index contributed by atoms with van der Waals surface area (Å²) in [4.78, 5) is 13.0. The van der Waals surface area contributed by atoms with Crippen LogP contribution in [0.5, 0.6) is 0 Å². The number of halogens is 2. The van der Waals surface area contributed by atoms with Crippen molar-refractivity contribution in [2.24, 2.45) is 0 Å². The Hall–Kier alpha value is -1.24. The average Bonchev–Trinajstić information content (AvgIpc) is 2.84. The van der Waals surface area contributed by atoms with Crippen molar-refractivity contribution < 1.29 is 9.21 Å². The number of hydrogen-bond acceptors (Lipinski definition) is 5. The molecule has 20 heavy (non-hydrogen) atoms. The summed E-state index contributed by atoms with van der Waals surface area (Å²) in [5, 5.41) is 9.07. The lowest BCUT2D eigenvalue weighted by Crippen LogP contribution is -2.23. The first-order chi connectivity index (χ1) is 9.47. The van der Waals surface area contributed by atoms with Crippen molar-refractivity contribution in [3.8, 4) is 11.5 Å². The van der Waals surface area contributed by atoms with Crippen molar-refractivity contribution in [1.82, 2.24) is 15.1 Å². The van der Waals surface area contributed by atoms with Crippen LogP contribution >= 0.6 is 35.0 Å². The maximum Gasteiger partial charge on any atom is 0.277 e. The molecule has 0 fully saturated rings. The maximum absolute atomic E-state index is 11.5. The monoisotopic (exact) mass is 331 g/mol. The lowest BCUT2D eigenvalue weighted by molar-refractivity contribution is -0.125. The van der Waals surface area contributed by atoms with Crippen LogP contribution < -0.4 is 0 Å². The fourth-order valence-corrected chi connectivity index (χ4v) is 2.52. The highest BCUT2D eigenvalue weighted by atomic mass is 35.5. The molecule has 0 saturated carbocycles. The highest BCUT2D eigenvalue weighted by Crippen LogP contribution is 2.30. The van der Waals surface area contributed by atoms with Crippen molar-refractivity contribution in [1.29, 1.82) is 0 Å². The molecule has 0 aliphatic carbocycles. The molecule has 0 N–H and O–H groups in total. The minimum Gasteiger partial charge on any atom is -0.411 e. The predicted octanol–water partition coefficient (Wildman–Crippen LogP) is 3.22. The Morgan fingerprint density at radius 2 is 2.10 bits per heavy atom. The molecule has 0 saturated heterocycles. The number of amides is 1. The van der Waals surface area contributed by atoms with E-state index in [2.05, 4.69) is 10.2 Å². The number of carbonyl (C=O) groups is 1. The van der Waals surface area contributed by atoms with Crippen molar-refractivity contribution in [2.45, 2.75) is 5.22 Å². The Kier molecular flexibility index (Phi) is 4.91. The zero-order valence-electron chi connectivity index (χ0n) is 10.8. The molecular formula is C12H11Cl2N3O2S. The molecule has 0 unspecified atom stereocenters. The smallest absolute Gasteiger partial charge is 0.277 e. The van der Waals surface area contributed by atoms with Crippen LogP contribution in [-0.2, 0) is 4.79 Å². The average molecular weight is 332 g/mol. The van der Waals surface area contributed by atoms with E-state index in [-0.39, 0.29) is 11.7 Å². The molecule has 0 aliphatic heterocycles. The zero-order chi connectivity index (χ0) is 14.7. The Bertz CT molecular complexity index is 631. The lowest BCUT2D eigenvalue weighted by atomic mass is 10.2. The quantitative estimate of drug-likeness (QED) is 0.805. The summed E-state index contributed by atoms with van der Waals surface area (Å²) in [6.45, 7) is 0. The summed E-state index contributed by atoms with van der Waals surface area (Å²) < 4.78 is 5.46. The third kappa shape index (κ3) is 3.65. The SMILES string of the molecule is CN(C)C(=O)CSc1nnc(-c2ccc(Cl)cc2Cl)o1. The van der Waals surface area contributed by atoms with Crippen LogP contribution in [0.4, 0.5) is 0 Å². The van der Waals surface area contributed by atoms with Gasteiger partial charge in [-0.25, -0.2) is 0 Å². The Labute approximate surface area is 130 Å². The fourth-order valence-electron chi connectivity index (χ4n) is 1.29. The minimum absolute atomic E-state index is 0.0284. The normalized spacial score (nSPS) is 10.6. The van der Waals surface area contributed by atoms with E-state index in [1.807, 2.05) is 0 Å². The summed E-state index contributed by atoms with van der Waals surface area (Å²) >= 11 is 13.1. The highest BCUT2D eigenvalue weighted by molar-refractivity contribution is 7.99. The van der Waals surface area contributed by atoms with Crippen LogP contribution in [0.15, 0.2) is 27.8 Å². The van der Waals surface area contributed by atoms with Gasteiger partial charge in [0.2, 0.25) is 11.8 Å². The van der Waals surface area contributed by atoms with Crippen LogP contribution in [0.1, 0.15) is 0 Å². The third-order valence-electron chi connectivity index (χ3n) is 2.39. The van der Waals surface area contributed by atoms with Gasteiger partial charge in [0.25, 0.3) is 5.22 Å². The molecule has 0 aliphatic rings. The summed E-state index contributed by atoms with van der Waals surface area (Å²) in [5.74, 6) is 0.508. The molecule has 2 rings (SSSR count). The second-order valence-electron chi connectivity index (χ2n) is 4.07. The highest BCUT2D eigenvalue weighted by Gasteiger charge is 2.14. The minimum atomic E-state index is -0.0284. The van der Waals surface area contributed by atoms with Crippen molar-refractivity contribution in [2.75, 3.05) is 19.8 Å². The van der Waals surface area contributed by atoms with E-state index in [1.165, 1.54) is 16.7 Å². The van der Waals surface area contributed by atoms with Gasteiger partial charge < -0.3 is 9.32 Å². The van der Waals surface area contributed by atoms with E-state index in [1.54, 1.807) is 32.3 Å². The Morgan fingerprint density at radius 3 is 2.75 bits per heavy atom. The van der Waals surface area contributed by atoms with Gasteiger partial charge in [0.05, 0.1) is 16.3 Å². The van der Waals surface area contributed by atoms with Crippen molar-refractivity contribution >= 4 is 40.9 Å². The molecule has 1 amide bonds. The zero-order valence-corrected chi connectivity index (χ0v) is 13.1. The number of carbonyl (C=O) groups excluding carboxylic acids is 1. The lowest BCUT2D eigenvalue weighted by Gasteiger charge is -2.07. The van der Waals surface area contributed by atoms with E-state index in [0.29, 0.717) is 26.7 Å². The van der Waals surface area contributed by atoms with Gasteiger partial charge in [-0.15, -0.1) is 10.2 Å². The number of rotatable bonds is 4. The topological polar surface area (TPSA) is 59.2 Å². The number of thioether (sulfide) groups is 1. The Morgan fingerprint density at radius 1 is 1.35 bits per heavy atom. The molecule has 0 bridgehead atoms. The molecule has 0 spiro atoms. The van der Waals surface area contributed by atoms with Crippen molar-refractivity contribution in [3.63, 3.8) is 0 Å². The van der Waals surface area contributed by atoms with Gasteiger partial charge in [0, 0.05) is 19.1 Å². The molecule has 106 valence electrons. The van der Waals surface area contributed by atoms with Gasteiger partial charge in [0.15, 0.2) is 0 Å². The first-order valence-corrected chi connectivity index (χ1v) is 7.33. The molecule has 8 heteroatoms. The molecule has 0 radical (unpaired) electrons. The Balaban J connectivity index is 2.11. The molecule has 2 aromatic rings. The van der Waals surface area contributed by atoms with E-state index >= 15 is 0 Å². The first-order valence-electron chi connectivity index (χ1n) is 5.59. The van der Waals surface area contributed by atoms with Gasteiger partial charge in [-0.2, -0.15) is 0 Å². The molecule has 5 nitrogen and oxygen atoms in total. The number of hydrogen-bond donors (Lipinski definition) is 0. The molecular weight excluding hydrogens is 321 g/mol. The van der Waals surface area contributed by atoms with Gasteiger partial charge in [0.1, 0.15) is 0 Å². The van der Waals surface area contributed by atoms with Gasteiger partial charge >= 0.3 is 0 Å². The summed E-state index contributed by atoms with van der Waals surface area (Å²) in [7, 11) is 3.38. The second-order valence-corrected chi connectivity index (χ2v) is 5.84. The maximum atomic E-state index is 11.5.